The van der Waals surface area contributed by atoms with Crippen molar-refractivity contribution in [2.75, 3.05) is 12.4 Å². The molecule has 29 heavy (non-hydrogen) atoms. The predicted octanol–water partition coefficient (Wildman–Crippen LogP) is 4.31. The number of Topliss-reactive ketones (excluding diaryl/α,β-unsaturated/α-hetero) is 1. The van der Waals surface area contributed by atoms with E-state index in [9.17, 15) is 9.59 Å². The molecule has 2 aromatic rings. The quantitative estimate of drug-likeness (QED) is 0.251. The number of methoxy groups -OCH3 is 1. The smallest absolute Gasteiger partial charge is 0.253 e. The van der Waals surface area contributed by atoms with Crippen LogP contribution in [0.4, 0.5) is 5.69 Å². The number of carbonyl (C=O) groups is 2. The van der Waals surface area contributed by atoms with E-state index in [0.29, 0.717) is 22.6 Å². The minimum atomic E-state index is -1.89. The summed E-state index contributed by atoms with van der Waals surface area (Å²) in [6.07, 6.45) is -1.12. The summed E-state index contributed by atoms with van der Waals surface area (Å²) < 4.78 is 3.22. The first-order valence-electron chi connectivity index (χ1n) is 8.30. The predicted molar refractivity (Wildman–Crippen MR) is 120 cm³/mol. The summed E-state index contributed by atoms with van der Waals surface area (Å²) in [6.45, 7) is 1.48. The van der Waals surface area contributed by atoms with E-state index in [1.807, 2.05) is 0 Å². The van der Waals surface area contributed by atoms with Gasteiger partial charge in [0.15, 0.2) is 10.9 Å². The van der Waals surface area contributed by atoms with Crippen molar-refractivity contribution in [3.63, 3.8) is 0 Å². The zero-order valence-corrected chi connectivity index (χ0v) is 18.5. The molecular formula is C19H18Cl3N3O3S. The molecule has 2 aromatic carbocycles. The molecule has 1 atom stereocenters. The Morgan fingerprint density at radius 3 is 2.24 bits per heavy atom. The molecule has 1 amide bonds. The first-order chi connectivity index (χ1) is 13.6. The Morgan fingerprint density at radius 1 is 1.03 bits per heavy atom. The molecular weight excluding hydrogens is 457 g/mol. The van der Waals surface area contributed by atoms with Gasteiger partial charge in [-0.1, -0.05) is 40.9 Å². The van der Waals surface area contributed by atoms with Crippen molar-refractivity contribution in [1.29, 1.82) is 0 Å². The molecule has 0 saturated carbocycles. The molecule has 0 aliphatic rings. The topological polar surface area (TPSA) is 79.5 Å². The van der Waals surface area contributed by atoms with E-state index in [1.165, 1.54) is 14.0 Å². The fourth-order valence-corrected chi connectivity index (χ4v) is 2.83. The molecule has 0 fully saturated rings. The number of ether oxygens (including phenoxy) is 1. The first kappa shape index (κ1) is 23.2. The van der Waals surface area contributed by atoms with Gasteiger partial charge in [0.1, 0.15) is 11.9 Å². The molecule has 0 saturated heterocycles. The number of thiocarbonyl (C=S) groups is 1. The van der Waals surface area contributed by atoms with Gasteiger partial charge < -0.3 is 20.7 Å². The fraction of sp³-hybridized carbons (Fsp3) is 0.211. The molecule has 0 radical (unpaired) electrons. The summed E-state index contributed by atoms with van der Waals surface area (Å²) in [5.74, 6) is -0.0163. The van der Waals surface area contributed by atoms with Gasteiger partial charge in [0, 0.05) is 16.8 Å². The highest BCUT2D eigenvalue weighted by Crippen LogP contribution is 2.29. The lowest BCUT2D eigenvalue weighted by Gasteiger charge is -2.27. The number of hydrogen-bond donors (Lipinski definition) is 3. The van der Waals surface area contributed by atoms with Gasteiger partial charge in [-0.25, -0.2) is 0 Å². The lowest BCUT2D eigenvalue weighted by molar-refractivity contribution is 0.0933. The molecule has 10 heteroatoms. The number of ketones is 1. The number of carbonyl (C=O) groups excluding carboxylic acids is 2. The summed E-state index contributed by atoms with van der Waals surface area (Å²) in [4.78, 5) is 23.9. The van der Waals surface area contributed by atoms with Gasteiger partial charge in [-0.15, -0.1) is 0 Å². The zero-order chi connectivity index (χ0) is 21.6. The second-order valence-electron chi connectivity index (χ2n) is 5.91. The average molecular weight is 475 g/mol. The molecule has 154 valence electrons. The van der Waals surface area contributed by atoms with Crippen LogP contribution in [0.3, 0.4) is 0 Å². The SMILES string of the molecule is COc1cccc(C(=O)N[C@@H](NC(=S)Nc2ccc(C(C)=O)cc2)C(Cl)(Cl)Cl)c1. The average Bonchev–Trinajstić information content (AvgIpc) is 2.67. The summed E-state index contributed by atoms with van der Waals surface area (Å²) >= 11 is 23.2. The van der Waals surface area contributed by atoms with Gasteiger partial charge in [-0.05, 0) is 61.6 Å². The Labute approximate surface area is 188 Å². The van der Waals surface area contributed by atoms with Gasteiger partial charge in [-0.3, -0.25) is 9.59 Å². The van der Waals surface area contributed by atoms with Crippen LogP contribution in [0.15, 0.2) is 48.5 Å². The molecule has 3 N–H and O–H groups in total. The number of nitrogens with one attached hydrogen (secondary N) is 3. The van der Waals surface area contributed by atoms with Crippen molar-refractivity contribution in [2.45, 2.75) is 16.9 Å². The highest BCUT2D eigenvalue weighted by molar-refractivity contribution is 7.80. The largest absolute Gasteiger partial charge is 0.497 e. The maximum atomic E-state index is 12.5. The minimum Gasteiger partial charge on any atom is -0.497 e. The van der Waals surface area contributed by atoms with Crippen molar-refractivity contribution < 1.29 is 14.3 Å². The molecule has 6 nitrogen and oxygen atoms in total. The zero-order valence-electron chi connectivity index (χ0n) is 15.5. The van der Waals surface area contributed by atoms with Gasteiger partial charge in [0.25, 0.3) is 5.91 Å². The third kappa shape index (κ3) is 7.04. The molecule has 0 heterocycles. The van der Waals surface area contributed by atoms with Crippen LogP contribution in [0.25, 0.3) is 0 Å². The summed E-state index contributed by atoms with van der Waals surface area (Å²) in [5, 5.41) is 8.38. The van der Waals surface area contributed by atoms with Gasteiger partial charge in [0.2, 0.25) is 3.79 Å². The third-order valence-electron chi connectivity index (χ3n) is 3.76. The standard InChI is InChI=1S/C19H18Cl3N3O3S/c1-11(26)12-6-8-14(9-7-12)23-18(29)25-17(19(20,21)22)24-16(27)13-4-3-5-15(10-13)28-2/h3-10,17H,1-2H3,(H,24,27)(H2,23,25,29)/t17-/m0/s1. The van der Waals surface area contributed by atoms with Crippen LogP contribution < -0.4 is 20.7 Å². The van der Waals surface area contributed by atoms with Gasteiger partial charge in [-0.2, -0.15) is 0 Å². The van der Waals surface area contributed by atoms with Crippen LogP contribution in [0.1, 0.15) is 27.6 Å². The van der Waals surface area contributed by atoms with Crippen molar-refractivity contribution in [1.82, 2.24) is 10.6 Å². The second-order valence-corrected chi connectivity index (χ2v) is 8.69. The normalized spacial score (nSPS) is 11.9. The summed E-state index contributed by atoms with van der Waals surface area (Å²) in [6, 6.07) is 13.2. The molecule has 0 aliphatic carbocycles. The monoisotopic (exact) mass is 473 g/mol. The number of benzene rings is 2. The minimum absolute atomic E-state index is 0.0474. The lowest BCUT2D eigenvalue weighted by atomic mass is 10.1. The Hall–Kier alpha value is -2.06. The molecule has 0 bridgehead atoms. The number of hydrogen-bond acceptors (Lipinski definition) is 4. The van der Waals surface area contributed by atoms with Crippen molar-refractivity contribution in [2.24, 2.45) is 0 Å². The van der Waals surface area contributed by atoms with Crippen LogP contribution in [-0.4, -0.2) is 33.9 Å². The van der Waals surface area contributed by atoms with E-state index in [1.54, 1.807) is 48.5 Å². The number of anilines is 1. The second kappa shape index (κ2) is 10.1. The maximum Gasteiger partial charge on any atom is 0.253 e. The van der Waals surface area contributed by atoms with E-state index < -0.39 is 15.9 Å². The molecule has 0 aliphatic heterocycles. The number of amides is 1. The first-order valence-corrected chi connectivity index (χ1v) is 9.84. The number of alkyl halides is 3. The molecule has 0 aromatic heterocycles. The van der Waals surface area contributed by atoms with E-state index in [2.05, 4.69) is 16.0 Å². The van der Waals surface area contributed by atoms with Crippen molar-refractivity contribution >= 4 is 69.5 Å². The van der Waals surface area contributed by atoms with E-state index in [4.69, 9.17) is 51.8 Å². The Bertz CT molecular complexity index is 902. The summed E-state index contributed by atoms with van der Waals surface area (Å²) in [7, 11) is 1.50. The van der Waals surface area contributed by atoms with Crippen LogP contribution in [0.5, 0.6) is 5.75 Å². The van der Waals surface area contributed by atoms with E-state index in [0.717, 1.165) is 0 Å². The Balaban J connectivity index is 2.07. The third-order valence-corrected chi connectivity index (χ3v) is 4.63. The van der Waals surface area contributed by atoms with Crippen LogP contribution in [0.2, 0.25) is 0 Å². The van der Waals surface area contributed by atoms with Crippen LogP contribution in [0, 0.1) is 0 Å². The Kier molecular flexibility index (Phi) is 8.10. The van der Waals surface area contributed by atoms with Crippen molar-refractivity contribution in [3.8, 4) is 5.75 Å². The highest BCUT2D eigenvalue weighted by atomic mass is 35.6. The number of halogens is 3. The van der Waals surface area contributed by atoms with Gasteiger partial charge >= 0.3 is 0 Å². The summed E-state index contributed by atoms with van der Waals surface area (Å²) in [5.41, 5.74) is 1.51. The Morgan fingerprint density at radius 2 is 1.69 bits per heavy atom. The van der Waals surface area contributed by atoms with Gasteiger partial charge in [0.05, 0.1) is 7.11 Å². The number of rotatable bonds is 6. The molecule has 0 unspecified atom stereocenters. The van der Waals surface area contributed by atoms with Crippen molar-refractivity contribution in [3.05, 3.63) is 59.7 Å². The highest BCUT2D eigenvalue weighted by Gasteiger charge is 2.35. The fourth-order valence-electron chi connectivity index (χ4n) is 2.27. The maximum absolute atomic E-state index is 12.5. The van der Waals surface area contributed by atoms with Crippen LogP contribution >= 0.6 is 47.0 Å². The van der Waals surface area contributed by atoms with E-state index >= 15 is 0 Å². The molecule has 0 spiro atoms. The molecule has 2 rings (SSSR count). The lowest BCUT2D eigenvalue weighted by Crippen LogP contribution is -2.56. The van der Waals surface area contributed by atoms with Crippen LogP contribution in [-0.2, 0) is 0 Å². The van der Waals surface area contributed by atoms with E-state index in [-0.39, 0.29) is 10.9 Å².